The number of aromatic nitrogens is 1. The second kappa shape index (κ2) is 12.1. The number of non-ortho nitro benzene ring substituents is 1. The lowest BCUT2D eigenvalue weighted by atomic mass is 9.95. The molecule has 0 aliphatic carbocycles. The van der Waals surface area contributed by atoms with Gasteiger partial charge in [0.15, 0.2) is 5.13 Å². The highest BCUT2D eigenvalue weighted by Gasteiger charge is 2.48. The van der Waals surface area contributed by atoms with E-state index in [2.05, 4.69) is 4.98 Å². The zero-order valence-electron chi connectivity index (χ0n) is 22.1. The van der Waals surface area contributed by atoms with Gasteiger partial charge in [0.1, 0.15) is 16.4 Å². The summed E-state index contributed by atoms with van der Waals surface area (Å²) >= 11 is 0.876. The Morgan fingerprint density at radius 2 is 1.80 bits per heavy atom. The first-order valence-corrected chi connectivity index (χ1v) is 13.4. The lowest BCUT2D eigenvalue weighted by Crippen LogP contribution is -2.29. The number of hydrogen-bond donors (Lipinski definition) is 1. The van der Waals surface area contributed by atoms with Gasteiger partial charge in [0.05, 0.1) is 35.4 Å². The molecule has 0 saturated carbocycles. The van der Waals surface area contributed by atoms with E-state index in [4.69, 9.17) is 9.47 Å². The van der Waals surface area contributed by atoms with E-state index in [0.717, 1.165) is 29.1 Å². The van der Waals surface area contributed by atoms with Crippen molar-refractivity contribution in [3.8, 4) is 5.75 Å². The number of hydrogen-bond acceptors (Lipinski definition) is 10. The van der Waals surface area contributed by atoms with Crippen LogP contribution < -0.4 is 9.64 Å². The summed E-state index contributed by atoms with van der Waals surface area (Å²) in [7, 11) is 0. The number of benzene rings is 2. The summed E-state index contributed by atoms with van der Waals surface area (Å²) in [6.45, 7) is 5.96. The molecule has 0 bridgehead atoms. The number of esters is 1. The molecule has 1 atom stereocenters. The Hall–Kier alpha value is -4.58. The summed E-state index contributed by atoms with van der Waals surface area (Å²) < 4.78 is 10.7. The minimum Gasteiger partial charge on any atom is -0.507 e. The quantitative estimate of drug-likeness (QED) is 0.0653. The van der Waals surface area contributed by atoms with Gasteiger partial charge in [-0.2, -0.15) is 0 Å². The molecular weight excluding hydrogens is 538 g/mol. The van der Waals surface area contributed by atoms with Crippen molar-refractivity contribution in [2.45, 2.75) is 39.7 Å². The lowest BCUT2D eigenvalue weighted by Gasteiger charge is -2.23. The van der Waals surface area contributed by atoms with Crippen LogP contribution >= 0.6 is 11.3 Å². The molecule has 1 fully saturated rings. The third-order valence-corrected chi connectivity index (χ3v) is 7.35. The summed E-state index contributed by atoms with van der Waals surface area (Å²) in [5, 5.41) is 22.6. The van der Waals surface area contributed by atoms with E-state index in [0.29, 0.717) is 23.6 Å². The molecule has 208 valence electrons. The van der Waals surface area contributed by atoms with Crippen LogP contribution in [0.4, 0.5) is 10.8 Å². The molecule has 1 aromatic heterocycles. The van der Waals surface area contributed by atoms with Crippen LogP contribution in [-0.2, 0) is 14.3 Å². The molecule has 3 aromatic rings. The molecular formula is C28H27N3O8S. The van der Waals surface area contributed by atoms with Crippen molar-refractivity contribution in [3.05, 3.63) is 85.9 Å². The number of Topliss-reactive ketones (excluding diaryl/α,β-unsaturated/α-hetero) is 1. The lowest BCUT2D eigenvalue weighted by molar-refractivity contribution is -0.384. The molecule has 1 aliphatic rings. The maximum absolute atomic E-state index is 13.4. The van der Waals surface area contributed by atoms with Crippen molar-refractivity contribution in [2.75, 3.05) is 18.1 Å². The fourth-order valence-corrected chi connectivity index (χ4v) is 5.18. The number of aryl methyl sites for hydroxylation is 1. The zero-order chi connectivity index (χ0) is 29.0. The van der Waals surface area contributed by atoms with Crippen LogP contribution in [0.25, 0.3) is 5.76 Å². The Balaban J connectivity index is 1.82. The number of rotatable bonds is 10. The summed E-state index contributed by atoms with van der Waals surface area (Å²) in [6, 6.07) is 10.6. The second-order valence-electron chi connectivity index (χ2n) is 8.88. The van der Waals surface area contributed by atoms with Gasteiger partial charge in [0, 0.05) is 17.7 Å². The number of amides is 1. The van der Waals surface area contributed by atoms with E-state index in [1.54, 1.807) is 38.1 Å². The average molecular weight is 566 g/mol. The molecule has 0 spiro atoms. The molecule has 2 aromatic carbocycles. The molecule has 2 heterocycles. The van der Waals surface area contributed by atoms with Gasteiger partial charge in [-0.3, -0.25) is 24.6 Å². The Bertz CT molecular complexity index is 1480. The number of anilines is 1. The Labute approximate surface area is 233 Å². The van der Waals surface area contributed by atoms with Gasteiger partial charge < -0.3 is 14.6 Å². The van der Waals surface area contributed by atoms with Crippen molar-refractivity contribution in [2.24, 2.45) is 0 Å². The SMILES string of the molecule is CCCCOc1ccc(/C(O)=C2\C(=O)C(=O)N(c3nc(C)c(C(=O)OCC)s3)C2c2ccc([N+](=O)[O-])cc2)cc1. The number of aliphatic hydroxyl groups is 1. The molecule has 1 N–H and O–H groups in total. The molecule has 1 amide bonds. The highest BCUT2D eigenvalue weighted by atomic mass is 32.1. The highest BCUT2D eigenvalue weighted by Crippen LogP contribution is 2.44. The van der Waals surface area contributed by atoms with Gasteiger partial charge in [0.2, 0.25) is 0 Å². The molecule has 12 heteroatoms. The molecule has 40 heavy (non-hydrogen) atoms. The smallest absolute Gasteiger partial charge is 0.350 e. The van der Waals surface area contributed by atoms with Gasteiger partial charge >= 0.3 is 11.9 Å². The minimum absolute atomic E-state index is 0.0460. The summed E-state index contributed by atoms with van der Waals surface area (Å²) in [4.78, 5) is 55.4. The summed E-state index contributed by atoms with van der Waals surface area (Å²) in [5.41, 5.74) is 0.506. The van der Waals surface area contributed by atoms with Crippen molar-refractivity contribution in [3.63, 3.8) is 0 Å². The van der Waals surface area contributed by atoms with E-state index >= 15 is 0 Å². The molecule has 1 aliphatic heterocycles. The molecule has 4 rings (SSSR count). The van der Waals surface area contributed by atoms with Gasteiger partial charge in [-0.05, 0) is 62.2 Å². The third kappa shape index (κ3) is 5.57. The highest BCUT2D eigenvalue weighted by molar-refractivity contribution is 7.17. The Morgan fingerprint density at radius 1 is 1.12 bits per heavy atom. The van der Waals surface area contributed by atoms with Crippen LogP contribution in [0.1, 0.15) is 59.2 Å². The van der Waals surface area contributed by atoms with E-state index in [1.807, 2.05) is 6.92 Å². The van der Waals surface area contributed by atoms with Crippen molar-refractivity contribution < 1.29 is 33.9 Å². The molecule has 1 unspecified atom stereocenters. The number of nitrogens with zero attached hydrogens (tertiary/aromatic N) is 3. The maximum atomic E-state index is 13.4. The molecule has 11 nitrogen and oxygen atoms in total. The first kappa shape index (κ1) is 28.4. The van der Waals surface area contributed by atoms with Crippen molar-refractivity contribution in [1.82, 2.24) is 4.98 Å². The van der Waals surface area contributed by atoms with Crippen molar-refractivity contribution >= 4 is 45.6 Å². The van der Waals surface area contributed by atoms with Crippen molar-refractivity contribution in [1.29, 1.82) is 0 Å². The number of thiazole rings is 1. The predicted molar refractivity (Wildman–Crippen MR) is 148 cm³/mol. The maximum Gasteiger partial charge on any atom is 0.350 e. The van der Waals surface area contributed by atoms with Gasteiger partial charge in [0.25, 0.3) is 11.5 Å². The van der Waals surface area contributed by atoms with E-state index < -0.39 is 34.4 Å². The van der Waals surface area contributed by atoms with Crippen LogP contribution in [0.15, 0.2) is 54.1 Å². The van der Waals surface area contributed by atoms with Crippen LogP contribution in [0.5, 0.6) is 5.75 Å². The Morgan fingerprint density at radius 3 is 2.40 bits per heavy atom. The number of carbonyl (C=O) groups is 3. The van der Waals surface area contributed by atoms with Crippen LogP contribution in [0.3, 0.4) is 0 Å². The van der Waals surface area contributed by atoms with Gasteiger partial charge in [-0.25, -0.2) is 9.78 Å². The van der Waals surface area contributed by atoms with Gasteiger partial charge in [-0.15, -0.1) is 0 Å². The molecule has 0 radical (unpaired) electrons. The standard InChI is InChI=1S/C28H27N3O8S/c1-4-6-15-39-20-13-9-18(10-14-20)23(32)21-22(17-7-11-19(12-8-17)31(36)37)30(26(34)24(21)33)28-29-16(3)25(40-28)27(35)38-5-2/h7-14,22,32H,4-6,15H2,1-3H3/b23-21+. The molecule has 1 saturated heterocycles. The zero-order valence-corrected chi connectivity index (χ0v) is 22.9. The number of ketones is 1. The average Bonchev–Trinajstić information content (AvgIpc) is 3.45. The predicted octanol–water partition coefficient (Wildman–Crippen LogP) is 5.34. The monoisotopic (exact) mass is 565 g/mol. The first-order chi connectivity index (χ1) is 19.2. The fraction of sp³-hybridized carbons (Fsp3) is 0.286. The van der Waals surface area contributed by atoms with Gasteiger partial charge in [-0.1, -0.05) is 24.7 Å². The third-order valence-electron chi connectivity index (χ3n) is 6.21. The first-order valence-electron chi connectivity index (χ1n) is 12.6. The summed E-state index contributed by atoms with van der Waals surface area (Å²) in [5.74, 6) is -2.39. The number of unbranched alkanes of at least 4 members (excludes halogenated alkanes) is 1. The second-order valence-corrected chi connectivity index (χ2v) is 9.85. The number of ether oxygens (including phenoxy) is 2. The number of nitro benzene ring substituents is 1. The topological polar surface area (TPSA) is 149 Å². The fourth-order valence-electron chi connectivity index (χ4n) is 4.19. The normalized spacial score (nSPS) is 16.3. The summed E-state index contributed by atoms with van der Waals surface area (Å²) in [6.07, 6.45) is 1.86. The number of aliphatic hydroxyl groups excluding tert-OH is 1. The van der Waals surface area contributed by atoms with E-state index in [-0.39, 0.29) is 33.4 Å². The number of nitro groups is 1. The van der Waals surface area contributed by atoms with E-state index in [1.165, 1.54) is 24.3 Å². The minimum atomic E-state index is -1.16. The largest absolute Gasteiger partial charge is 0.507 e. The number of carbonyl (C=O) groups excluding carboxylic acids is 3. The van der Waals surface area contributed by atoms with Crippen LogP contribution in [0, 0.1) is 17.0 Å². The van der Waals surface area contributed by atoms with E-state index in [9.17, 15) is 29.6 Å². The van der Waals surface area contributed by atoms with Crippen LogP contribution in [-0.4, -0.2) is 45.9 Å². The Kier molecular flexibility index (Phi) is 8.58. The van der Waals surface area contributed by atoms with Crippen LogP contribution in [0.2, 0.25) is 0 Å².